The van der Waals surface area contributed by atoms with E-state index >= 15 is 0 Å². The Morgan fingerprint density at radius 1 is 0.972 bits per heavy atom. The Morgan fingerprint density at radius 3 is 2.33 bits per heavy atom. The van der Waals surface area contributed by atoms with Gasteiger partial charge in [0, 0.05) is 43.7 Å². The van der Waals surface area contributed by atoms with Crippen LogP contribution in [0.2, 0.25) is 0 Å². The molecular formula is C28H31N3O4S. The summed E-state index contributed by atoms with van der Waals surface area (Å²) in [6.07, 6.45) is 4.32. The highest BCUT2D eigenvalue weighted by atomic mass is 32.1. The molecule has 3 aromatic rings. The molecule has 1 aromatic heterocycles. The molecule has 0 saturated carbocycles. The number of piperazine rings is 1. The van der Waals surface area contributed by atoms with Crippen LogP contribution in [0.4, 0.5) is 5.00 Å². The number of amides is 1. The number of ether oxygens (including phenoxy) is 2. The van der Waals surface area contributed by atoms with Crippen LogP contribution >= 0.6 is 11.3 Å². The summed E-state index contributed by atoms with van der Waals surface area (Å²) in [6.45, 7) is 4.61. The normalized spacial score (nSPS) is 14.6. The van der Waals surface area contributed by atoms with Crippen LogP contribution in [0.15, 0.2) is 66.1 Å². The Morgan fingerprint density at radius 2 is 1.67 bits per heavy atom. The molecule has 0 bridgehead atoms. The minimum Gasteiger partial charge on any atom is -0.497 e. The van der Waals surface area contributed by atoms with Crippen molar-refractivity contribution in [1.82, 2.24) is 9.80 Å². The van der Waals surface area contributed by atoms with Gasteiger partial charge in [-0.25, -0.2) is 4.79 Å². The van der Waals surface area contributed by atoms with Gasteiger partial charge in [0.25, 0.3) is 0 Å². The zero-order valence-electron chi connectivity index (χ0n) is 20.6. The van der Waals surface area contributed by atoms with Crippen LogP contribution in [-0.4, -0.2) is 75.2 Å². The Hall–Kier alpha value is -3.46. The first kappa shape index (κ1) is 25.6. The predicted octanol–water partition coefficient (Wildman–Crippen LogP) is 4.48. The molecular weight excluding hydrogens is 474 g/mol. The Bertz CT molecular complexity index is 1180. The summed E-state index contributed by atoms with van der Waals surface area (Å²) in [6, 6.07) is 17.7. The van der Waals surface area contributed by atoms with E-state index in [2.05, 4.69) is 39.4 Å². The van der Waals surface area contributed by atoms with E-state index in [0.29, 0.717) is 10.6 Å². The second-order valence-electron chi connectivity index (χ2n) is 8.51. The third-order valence-corrected chi connectivity index (χ3v) is 7.04. The third-order valence-electron chi connectivity index (χ3n) is 6.14. The molecule has 8 heteroatoms. The van der Waals surface area contributed by atoms with Crippen molar-refractivity contribution in [2.45, 2.75) is 0 Å². The number of esters is 1. The third kappa shape index (κ3) is 6.60. The molecule has 1 fully saturated rings. The molecule has 4 rings (SSSR count). The SMILES string of the molecule is COC(=O)c1c(-c2ccc(OC)cc2)csc1NC(=O)CN1CCN(C/C=C/c2ccccc2)CC1. The van der Waals surface area contributed by atoms with Gasteiger partial charge in [0.2, 0.25) is 5.91 Å². The van der Waals surface area contributed by atoms with Crippen LogP contribution in [0.1, 0.15) is 15.9 Å². The molecule has 0 atom stereocenters. The lowest BCUT2D eigenvalue weighted by molar-refractivity contribution is -0.117. The van der Waals surface area contributed by atoms with Crippen molar-refractivity contribution in [1.29, 1.82) is 0 Å². The smallest absolute Gasteiger partial charge is 0.341 e. The number of nitrogens with zero attached hydrogens (tertiary/aromatic N) is 2. The highest BCUT2D eigenvalue weighted by molar-refractivity contribution is 7.15. The van der Waals surface area contributed by atoms with Crippen LogP contribution in [0.5, 0.6) is 5.75 Å². The number of thiophene rings is 1. The van der Waals surface area contributed by atoms with Crippen LogP contribution in [0, 0.1) is 0 Å². The van der Waals surface area contributed by atoms with E-state index in [1.54, 1.807) is 7.11 Å². The average Bonchev–Trinajstić information content (AvgIpc) is 3.33. The number of benzene rings is 2. The van der Waals surface area contributed by atoms with Crippen molar-refractivity contribution >= 4 is 34.3 Å². The van der Waals surface area contributed by atoms with Crippen molar-refractivity contribution in [3.05, 3.63) is 77.2 Å². The van der Waals surface area contributed by atoms with E-state index in [-0.39, 0.29) is 12.5 Å². The van der Waals surface area contributed by atoms with Crippen molar-refractivity contribution in [2.24, 2.45) is 0 Å². The summed E-state index contributed by atoms with van der Waals surface area (Å²) in [5.74, 6) is 0.115. The van der Waals surface area contributed by atoms with E-state index in [4.69, 9.17) is 9.47 Å². The minimum atomic E-state index is -0.477. The Kier molecular flexibility index (Phi) is 8.89. The minimum absolute atomic E-state index is 0.138. The summed E-state index contributed by atoms with van der Waals surface area (Å²) >= 11 is 1.32. The first-order valence-corrected chi connectivity index (χ1v) is 12.8. The van der Waals surface area contributed by atoms with Gasteiger partial charge in [0.05, 0.1) is 20.8 Å². The van der Waals surface area contributed by atoms with Crippen LogP contribution in [0.25, 0.3) is 17.2 Å². The standard InChI is InChI=1S/C28H31N3O4S/c1-34-23-12-10-22(11-13-23)24-20-36-27(26(24)28(33)35-2)29-25(32)19-31-17-15-30(16-18-31)14-6-9-21-7-4-3-5-8-21/h3-13,20H,14-19H2,1-2H3,(H,29,32)/b9-6+. The lowest BCUT2D eigenvalue weighted by atomic mass is 10.0. The van der Waals surface area contributed by atoms with Gasteiger partial charge in [-0.3, -0.25) is 14.6 Å². The van der Waals surface area contributed by atoms with Crippen molar-refractivity contribution in [3.63, 3.8) is 0 Å². The van der Waals surface area contributed by atoms with E-state index in [0.717, 1.165) is 49.6 Å². The second-order valence-corrected chi connectivity index (χ2v) is 9.39. The highest BCUT2D eigenvalue weighted by Gasteiger charge is 2.24. The predicted molar refractivity (Wildman–Crippen MR) is 145 cm³/mol. The number of hydrogen-bond donors (Lipinski definition) is 1. The summed E-state index contributed by atoms with van der Waals surface area (Å²) in [5, 5.41) is 5.31. The average molecular weight is 506 g/mol. The number of nitrogens with one attached hydrogen (secondary N) is 1. The fourth-order valence-electron chi connectivity index (χ4n) is 4.14. The van der Waals surface area contributed by atoms with E-state index in [9.17, 15) is 9.59 Å². The van der Waals surface area contributed by atoms with Crippen molar-refractivity contribution in [2.75, 3.05) is 58.8 Å². The highest BCUT2D eigenvalue weighted by Crippen LogP contribution is 2.36. The second kappa shape index (κ2) is 12.5. The zero-order valence-corrected chi connectivity index (χ0v) is 21.4. The maximum Gasteiger partial charge on any atom is 0.341 e. The van der Waals surface area contributed by atoms with Gasteiger partial charge in [-0.15, -0.1) is 11.3 Å². The molecule has 1 saturated heterocycles. The first-order chi connectivity index (χ1) is 17.6. The topological polar surface area (TPSA) is 71.1 Å². The van der Waals surface area contributed by atoms with Gasteiger partial charge >= 0.3 is 5.97 Å². The molecule has 2 heterocycles. The van der Waals surface area contributed by atoms with Gasteiger partial charge in [-0.2, -0.15) is 0 Å². The van der Waals surface area contributed by atoms with Crippen molar-refractivity contribution in [3.8, 4) is 16.9 Å². The molecule has 1 N–H and O–H groups in total. The number of methoxy groups -OCH3 is 2. The zero-order chi connectivity index (χ0) is 25.3. The molecule has 1 amide bonds. The van der Waals surface area contributed by atoms with Crippen LogP contribution in [0.3, 0.4) is 0 Å². The lowest BCUT2D eigenvalue weighted by Crippen LogP contribution is -2.48. The quantitative estimate of drug-likeness (QED) is 0.433. The van der Waals surface area contributed by atoms with E-state index in [1.165, 1.54) is 24.0 Å². The molecule has 0 radical (unpaired) electrons. The molecule has 1 aliphatic heterocycles. The fraction of sp³-hybridized carbons (Fsp3) is 0.286. The first-order valence-electron chi connectivity index (χ1n) is 11.9. The number of carbonyl (C=O) groups is 2. The van der Waals surface area contributed by atoms with Crippen molar-refractivity contribution < 1.29 is 19.1 Å². The van der Waals surface area contributed by atoms with E-state index < -0.39 is 5.97 Å². The van der Waals surface area contributed by atoms with Gasteiger partial charge in [-0.1, -0.05) is 54.6 Å². The largest absolute Gasteiger partial charge is 0.497 e. The maximum absolute atomic E-state index is 12.8. The fourth-order valence-corrected chi connectivity index (χ4v) is 5.11. The van der Waals surface area contributed by atoms with Gasteiger partial charge in [0.1, 0.15) is 16.3 Å². The monoisotopic (exact) mass is 505 g/mol. The number of carbonyl (C=O) groups excluding carboxylic acids is 2. The van der Waals surface area contributed by atoms with Gasteiger partial charge < -0.3 is 14.8 Å². The van der Waals surface area contributed by atoms with Crippen LogP contribution in [-0.2, 0) is 9.53 Å². The Labute approximate surface area is 215 Å². The molecule has 0 spiro atoms. The summed E-state index contributed by atoms with van der Waals surface area (Å²) < 4.78 is 10.2. The molecule has 1 aliphatic rings. The van der Waals surface area contributed by atoms with Gasteiger partial charge in [-0.05, 0) is 23.3 Å². The summed E-state index contributed by atoms with van der Waals surface area (Å²) in [4.78, 5) is 29.9. The van der Waals surface area contributed by atoms with Gasteiger partial charge in [0.15, 0.2) is 0 Å². The Balaban J connectivity index is 1.32. The lowest BCUT2D eigenvalue weighted by Gasteiger charge is -2.33. The number of anilines is 1. The molecule has 2 aromatic carbocycles. The maximum atomic E-state index is 12.8. The molecule has 188 valence electrons. The molecule has 7 nitrogen and oxygen atoms in total. The molecule has 0 unspecified atom stereocenters. The van der Waals surface area contributed by atoms with Crippen LogP contribution < -0.4 is 10.1 Å². The van der Waals surface area contributed by atoms with E-state index in [1.807, 2.05) is 47.8 Å². The molecule has 0 aliphatic carbocycles. The summed E-state index contributed by atoms with van der Waals surface area (Å²) in [5.41, 5.74) is 3.14. The molecule has 36 heavy (non-hydrogen) atoms. The number of hydrogen-bond acceptors (Lipinski definition) is 7. The number of rotatable bonds is 9. The summed E-state index contributed by atoms with van der Waals surface area (Å²) in [7, 11) is 2.95.